The van der Waals surface area contributed by atoms with Crippen molar-refractivity contribution < 1.29 is 22.7 Å². The Hall–Kier alpha value is -2.32. The van der Waals surface area contributed by atoms with Crippen molar-refractivity contribution in [2.45, 2.75) is 11.8 Å². The summed E-state index contributed by atoms with van der Waals surface area (Å²) in [5, 5.41) is -0.168. The summed E-state index contributed by atoms with van der Waals surface area (Å²) in [6.07, 6.45) is 0. The third-order valence-electron chi connectivity index (χ3n) is 3.22. The molecule has 0 saturated heterocycles. The summed E-state index contributed by atoms with van der Waals surface area (Å²) in [6.45, 7) is 1.37. The second-order valence-electron chi connectivity index (χ2n) is 5.07. The van der Waals surface area contributed by atoms with E-state index in [1.54, 1.807) is 24.3 Å². The number of ketones is 1. The number of anilines is 1. The van der Waals surface area contributed by atoms with Crippen LogP contribution >= 0.6 is 11.8 Å². The van der Waals surface area contributed by atoms with Gasteiger partial charge >= 0.3 is 0 Å². The monoisotopic (exact) mass is 379 g/mol. The molecule has 0 aliphatic carbocycles. The van der Waals surface area contributed by atoms with Gasteiger partial charge in [0.2, 0.25) is 0 Å². The second kappa shape index (κ2) is 8.17. The Labute approximate surface area is 150 Å². The van der Waals surface area contributed by atoms with Crippen LogP contribution in [0.25, 0.3) is 0 Å². The molecule has 6 nitrogen and oxygen atoms in total. The summed E-state index contributed by atoms with van der Waals surface area (Å²) in [5.74, 6) is 0.283. The maximum atomic E-state index is 12.5. The van der Waals surface area contributed by atoms with Crippen LogP contribution < -0.4 is 9.46 Å². The molecule has 2 aromatic carbocycles. The number of carbonyl (C=O) groups is 2. The highest BCUT2D eigenvalue weighted by Crippen LogP contribution is 2.20. The number of carbonyl (C=O) groups excluding carboxylic acids is 2. The van der Waals surface area contributed by atoms with Gasteiger partial charge in [0.1, 0.15) is 5.75 Å². The van der Waals surface area contributed by atoms with Gasteiger partial charge in [0.25, 0.3) is 10.0 Å². The minimum Gasteiger partial charge on any atom is -0.497 e. The van der Waals surface area contributed by atoms with Gasteiger partial charge in [-0.3, -0.25) is 14.3 Å². The van der Waals surface area contributed by atoms with E-state index in [0.29, 0.717) is 11.4 Å². The van der Waals surface area contributed by atoms with Crippen molar-refractivity contribution >= 4 is 38.4 Å². The third kappa shape index (κ3) is 5.33. The van der Waals surface area contributed by atoms with Crippen LogP contribution in [-0.2, 0) is 14.8 Å². The quantitative estimate of drug-likeness (QED) is 0.744. The highest BCUT2D eigenvalue weighted by Gasteiger charge is 2.17. The smallest absolute Gasteiger partial charge is 0.261 e. The molecular formula is C17H17NO5S2. The molecule has 0 aromatic heterocycles. The number of hydrogen-bond acceptors (Lipinski definition) is 6. The number of methoxy groups -OCH3 is 1. The van der Waals surface area contributed by atoms with Crippen LogP contribution in [0.1, 0.15) is 17.3 Å². The summed E-state index contributed by atoms with van der Waals surface area (Å²) in [6, 6.07) is 12.1. The van der Waals surface area contributed by atoms with Gasteiger partial charge in [-0.25, -0.2) is 8.42 Å². The molecule has 0 atom stereocenters. The summed E-state index contributed by atoms with van der Waals surface area (Å²) < 4.78 is 32.4. The zero-order valence-corrected chi connectivity index (χ0v) is 15.3. The fraction of sp³-hybridized carbons (Fsp3) is 0.176. The van der Waals surface area contributed by atoms with Crippen LogP contribution in [-0.4, -0.2) is 32.2 Å². The van der Waals surface area contributed by atoms with Crippen molar-refractivity contribution in [1.82, 2.24) is 0 Å². The fourth-order valence-electron chi connectivity index (χ4n) is 1.96. The lowest BCUT2D eigenvalue weighted by Gasteiger charge is -2.10. The van der Waals surface area contributed by atoms with E-state index in [9.17, 15) is 18.0 Å². The number of thioether (sulfide) groups is 1. The summed E-state index contributed by atoms with van der Waals surface area (Å²) >= 11 is 0.888. The Kier molecular flexibility index (Phi) is 6.22. The molecule has 0 spiro atoms. The van der Waals surface area contributed by atoms with Crippen LogP contribution in [0, 0.1) is 0 Å². The number of nitrogens with one attached hydrogen (secondary N) is 1. The predicted molar refractivity (Wildman–Crippen MR) is 97.7 cm³/mol. The Bertz CT molecular complexity index is 876. The zero-order chi connectivity index (χ0) is 18.4. The molecule has 0 aliphatic rings. The highest BCUT2D eigenvalue weighted by molar-refractivity contribution is 8.14. The van der Waals surface area contributed by atoms with Crippen LogP contribution in [0.5, 0.6) is 5.75 Å². The standard InChI is InChI=1S/C17H17NO5S2/c1-12(19)24-11-17(20)13-4-3-5-16(10-13)25(21,22)18-14-6-8-15(23-2)9-7-14/h3-10,18H,11H2,1-2H3. The lowest BCUT2D eigenvalue weighted by Crippen LogP contribution is -2.14. The van der Waals surface area contributed by atoms with Gasteiger partial charge < -0.3 is 4.74 Å². The van der Waals surface area contributed by atoms with Crippen molar-refractivity contribution in [3.63, 3.8) is 0 Å². The molecule has 132 valence electrons. The average molecular weight is 379 g/mol. The molecule has 0 aliphatic heterocycles. The molecule has 0 fully saturated rings. The molecule has 0 amide bonds. The first-order chi connectivity index (χ1) is 11.8. The van der Waals surface area contributed by atoms with Crippen LogP contribution in [0.3, 0.4) is 0 Å². The van der Waals surface area contributed by atoms with Crippen molar-refractivity contribution in [2.75, 3.05) is 17.6 Å². The lowest BCUT2D eigenvalue weighted by molar-refractivity contribution is -0.109. The first-order valence-electron chi connectivity index (χ1n) is 7.25. The molecule has 8 heteroatoms. The van der Waals surface area contributed by atoms with Gasteiger partial charge in [-0.05, 0) is 36.4 Å². The van der Waals surface area contributed by atoms with E-state index in [-0.39, 0.29) is 27.1 Å². The molecule has 2 rings (SSSR count). The van der Waals surface area contributed by atoms with E-state index in [0.717, 1.165) is 11.8 Å². The van der Waals surface area contributed by atoms with E-state index in [4.69, 9.17) is 4.74 Å². The number of benzene rings is 2. The molecule has 25 heavy (non-hydrogen) atoms. The molecule has 2 aromatic rings. The number of sulfonamides is 1. The second-order valence-corrected chi connectivity index (χ2v) is 7.90. The lowest BCUT2D eigenvalue weighted by atomic mass is 10.1. The number of ether oxygens (including phenoxy) is 1. The van der Waals surface area contributed by atoms with Crippen molar-refractivity contribution in [2.24, 2.45) is 0 Å². The van der Waals surface area contributed by atoms with Crippen molar-refractivity contribution in [3.05, 3.63) is 54.1 Å². The number of rotatable bonds is 7. The minimum atomic E-state index is -3.84. The summed E-state index contributed by atoms with van der Waals surface area (Å²) in [7, 11) is -2.32. The molecule has 0 radical (unpaired) electrons. The average Bonchev–Trinajstić information content (AvgIpc) is 2.60. The Morgan fingerprint density at radius 1 is 1.12 bits per heavy atom. The Balaban J connectivity index is 2.19. The van der Waals surface area contributed by atoms with E-state index in [1.165, 1.54) is 38.3 Å². The molecule has 0 bridgehead atoms. The van der Waals surface area contributed by atoms with Crippen LogP contribution in [0.15, 0.2) is 53.4 Å². The van der Waals surface area contributed by atoms with Gasteiger partial charge in [0, 0.05) is 18.2 Å². The molecular weight excluding hydrogens is 362 g/mol. The first kappa shape index (κ1) is 19.0. The van der Waals surface area contributed by atoms with Crippen LogP contribution in [0.2, 0.25) is 0 Å². The van der Waals surface area contributed by atoms with Gasteiger partial charge in [-0.15, -0.1) is 0 Å². The SMILES string of the molecule is COc1ccc(NS(=O)(=O)c2cccc(C(=O)CSC(C)=O)c2)cc1. The van der Waals surface area contributed by atoms with Crippen molar-refractivity contribution in [3.8, 4) is 5.75 Å². The normalized spacial score (nSPS) is 11.0. The first-order valence-corrected chi connectivity index (χ1v) is 9.72. The van der Waals surface area contributed by atoms with Gasteiger partial charge in [-0.2, -0.15) is 0 Å². The minimum absolute atomic E-state index is 0.0231. The van der Waals surface area contributed by atoms with E-state index >= 15 is 0 Å². The van der Waals surface area contributed by atoms with Gasteiger partial charge in [0.15, 0.2) is 10.9 Å². The van der Waals surface area contributed by atoms with E-state index in [2.05, 4.69) is 4.72 Å². The van der Waals surface area contributed by atoms with Crippen LogP contribution in [0.4, 0.5) is 5.69 Å². The Morgan fingerprint density at radius 3 is 2.40 bits per heavy atom. The van der Waals surface area contributed by atoms with Gasteiger partial charge in [0.05, 0.1) is 17.8 Å². The molecule has 0 unspecified atom stereocenters. The highest BCUT2D eigenvalue weighted by atomic mass is 32.2. The maximum Gasteiger partial charge on any atom is 0.261 e. The molecule has 0 saturated carbocycles. The molecule has 0 heterocycles. The van der Waals surface area contributed by atoms with E-state index < -0.39 is 10.0 Å². The summed E-state index contributed by atoms with van der Waals surface area (Å²) in [4.78, 5) is 23.0. The zero-order valence-electron chi connectivity index (χ0n) is 13.7. The fourth-order valence-corrected chi connectivity index (χ4v) is 3.57. The Morgan fingerprint density at radius 2 is 1.80 bits per heavy atom. The topological polar surface area (TPSA) is 89.5 Å². The maximum absolute atomic E-state index is 12.5. The van der Waals surface area contributed by atoms with E-state index in [1.807, 2.05) is 0 Å². The third-order valence-corrected chi connectivity index (χ3v) is 5.41. The number of Topliss-reactive ketones (excluding diaryl/α,β-unsaturated/α-hetero) is 1. The molecule has 1 N–H and O–H groups in total. The van der Waals surface area contributed by atoms with Crippen molar-refractivity contribution in [1.29, 1.82) is 0 Å². The predicted octanol–water partition coefficient (Wildman–Crippen LogP) is 2.96. The summed E-state index contributed by atoms with van der Waals surface area (Å²) in [5.41, 5.74) is 0.621. The van der Waals surface area contributed by atoms with Gasteiger partial charge in [-0.1, -0.05) is 23.9 Å². The number of hydrogen-bond donors (Lipinski definition) is 1. The largest absolute Gasteiger partial charge is 0.497 e.